The van der Waals surface area contributed by atoms with E-state index in [1.807, 2.05) is 0 Å². The number of nitrogens with zero attached hydrogens (tertiary/aromatic N) is 3. The normalized spacial score (nSPS) is 11.2. The van der Waals surface area contributed by atoms with Gasteiger partial charge in [0.1, 0.15) is 29.1 Å². The minimum Gasteiger partial charge on any atom is -0.457 e. The van der Waals surface area contributed by atoms with Gasteiger partial charge in [0.05, 0.1) is 6.57 Å². The van der Waals surface area contributed by atoms with Gasteiger partial charge in [0, 0.05) is 18.6 Å². The maximum atomic E-state index is 11.9. The fourth-order valence-corrected chi connectivity index (χ4v) is 2.52. The van der Waals surface area contributed by atoms with Crippen LogP contribution in [0.2, 0.25) is 0 Å². The number of ketones is 1. The van der Waals surface area contributed by atoms with E-state index in [4.69, 9.17) is 17.0 Å². The van der Waals surface area contributed by atoms with Crippen LogP contribution < -0.4 is 15.8 Å². The Bertz CT molecular complexity index is 1120. The highest BCUT2D eigenvalue weighted by atomic mass is 16.5. The summed E-state index contributed by atoms with van der Waals surface area (Å²) < 4.78 is 5.77. The Morgan fingerprint density at radius 3 is 2.20 bits per heavy atom. The van der Waals surface area contributed by atoms with E-state index < -0.39 is 11.9 Å². The topological polar surface area (TPSA) is 112 Å². The number of hydrogen-bond donors (Lipinski definition) is 2. The van der Waals surface area contributed by atoms with Crippen molar-refractivity contribution in [3.63, 3.8) is 0 Å². The smallest absolute Gasteiger partial charge is 0.239 e. The van der Waals surface area contributed by atoms with Crippen LogP contribution in [0.5, 0.6) is 11.5 Å². The molecule has 150 valence electrons. The van der Waals surface area contributed by atoms with Crippen molar-refractivity contribution in [2.24, 2.45) is 5.73 Å². The van der Waals surface area contributed by atoms with Crippen LogP contribution in [0.3, 0.4) is 0 Å². The molecule has 3 aromatic rings. The van der Waals surface area contributed by atoms with Crippen LogP contribution in [0.25, 0.3) is 16.2 Å². The van der Waals surface area contributed by atoms with E-state index in [2.05, 4.69) is 20.1 Å². The third kappa shape index (κ3) is 4.97. The van der Waals surface area contributed by atoms with Gasteiger partial charge < -0.3 is 15.8 Å². The average molecular weight is 401 g/mol. The van der Waals surface area contributed by atoms with Crippen molar-refractivity contribution in [3.05, 3.63) is 71.7 Å². The van der Waals surface area contributed by atoms with Gasteiger partial charge in [-0.2, -0.15) is 0 Å². The van der Waals surface area contributed by atoms with Crippen molar-refractivity contribution in [1.29, 1.82) is 0 Å². The molecule has 3 rings (SSSR count). The summed E-state index contributed by atoms with van der Waals surface area (Å²) in [5, 5.41) is 2.88. The number of nitrogens with one attached hydrogen (secondary N) is 1. The van der Waals surface area contributed by atoms with Crippen molar-refractivity contribution in [3.8, 4) is 22.9 Å². The van der Waals surface area contributed by atoms with E-state index in [-0.39, 0.29) is 11.5 Å². The number of nitrogens with two attached hydrogens (primary N) is 1. The summed E-state index contributed by atoms with van der Waals surface area (Å²) in [6, 6.07) is 14.7. The van der Waals surface area contributed by atoms with E-state index in [1.165, 1.54) is 13.0 Å². The van der Waals surface area contributed by atoms with Gasteiger partial charge in [-0.25, -0.2) is 14.8 Å². The Morgan fingerprint density at radius 2 is 1.67 bits per heavy atom. The molecule has 0 spiro atoms. The molecular formula is C22H19N5O3. The molecule has 0 unspecified atom stereocenters. The molecule has 2 aromatic carbocycles. The van der Waals surface area contributed by atoms with Crippen LogP contribution in [-0.4, -0.2) is 27.7 Å². The van der Waals surface area contributed by atoms with E-state index in [0.717, 1.165) is 0 Å². The quantitative estimate of drug-likeness (QED) is 0.458. The number of Topliss-reactive ketones (excluding diaryl/α,β-unsaturated/α-hetero) is 1. The van der Waals surface area contributed by atoms with E-state index in [1.54, 1.807) is 55.5 Å². The van der Waals surface area contributed by atoms with Gasteiger partial charge in [-0.15, -0.1) is 0 Å². The summed E-state index contributed by atoms with van der Waals surface area (Å²) >= 11 is 0. The number of ether oxygens (including phenoxy) is 1. The van der Waals surface area contributed by atoms with Crippen LogP contribution in [-0.2, 0) is 4.79 Å². The summed E-state index contributed by atoms with van der Waals surface area (Å²) in [5.74, 6) is 1.10. The van der Waals surface area contributed by atoms with Crippen molar-refractivity contribution < 1.29 is 14.3 Å². The van der Waals surface area contributed by atoms with E-state index in [9.17, 15) is 9.59 Å². The zero-order valence-corrected chi connectivity index (χ0v) is 16.4. The lowest BCUT2D eigenvalue weighted by molar-refractivity contribution is -0.118. The van der Waals surface area contributed by atoms with Crippen LogP contribution in [0.4, 0.5) is 11.5 Å². The molecule has 0 fully saturated rings. The van der Waals surface area contributed by atoms with Gasteiger partial charge in [0.25, 0.3) is 0 Å². The van der Waals surface area contributed by atoms with Crippen LogP contribution in [0.15, 0.2) is 54.6 Å². The van der Waals surface area contributed by atoms with Crippen LogP contribution in [0, 0.1) is 6.57 Å². The highest BCUT2D eigenvalue weighted by Gasteiger charge is 2.14. The maximum Gasteiger partial charge on any atom is 0.239 e. The van der Waals surface area contributed by atoms with Gasteiger partial charge in [-0.05, 0) is 43.3 Å². The zero-order valence-electron chi connectivity index (χ0n) is 16.4. The molecule has 8 nitrogen and oxygen atoms in total. The maximum absolute atomic E-state index is 11.9. The number of carbonyl (C=O) groups excluding carboxylic acids is 2. The average Bonchev–Trinajstić information content (AvgIpc) is 2.74. The first-order chi connectivity index (χ1) is 14.4. The molecule has 8 heteroatoms. The number of anilines is 1. The minimum absolute atomic E-state index is 0.222. The zero-order chi connectivity index (χ0) is 21.7. The molecule has 1 heterocycles. The summed E-state index contributed by atoms with van der Waals surface area (Å²) in [6.07, 6.45) is 0. The van der Waals surface area contributed by atoms with Crippen molar-refractivity contribution in [1.82, 2.24) is 9.97 Å². The van der Waals surface area contributed by atoms with Gasteiger partial charge in [-0.3, -0.25) is 9.59 Å². The number of benzene rings is 2. The molecule has 0 aliphatic rings. The first kappa shape index (κ1) is 20.5. The first-order valence-electron chi connectivity index (χ1n) is 9.07. The second kappa shape index (κ2) is 8.84. The van der Waals surface area contributed by atoms with Crippen molar-refractivity contribution >= 4 is 23.2 Å². The van der Waals surface area contributed by atoms with E-state index in [0.29, 0.717) is 34.4 Å². The van der Waals surface area contributed by atoms with Crippen LogP contribution >= 0.6 is 0 Å². The number of aromatic nitrogens is 2. The highest BCUT2D eigenvalue weighted by Crippen LogP contribution is 2.26. The fraction of sp³-hybridized carbons (Fsp3) is 0.136. The van der Waals surface area contributed by atoms with Crippen LogP contribution in [0.1, 0.15) is 24.3 Å². The summed E-state index contributed by atoms with van der Waals surface area (Å²) in [5.41, 5.74) is 6.72. The standard InChI is InChI=1S/C22H19N5O3/c1-13(21(23)29)25-20-12-19(14(2)28)26-22(27-20)15-4-8-17(9-5-15)30-18-10-6-16(24-3)7-11-18/h4-13H,1-2H3,(H2,23,29)(H,25,26,27)/t13-/m0/s1. The van der Waals surface area contributed by atoms with Crippen molar-refractivity contribution in [2.45, 2.75) is 19.9 Å². The third-order valence-corrected chi connectivity index (χ3v) is 4.19. The molecule has 0 aliphatic heterocycles. The lowest BCUT2D eigenvalue weighted by Gasteiger charge is -2.13. The van der Waals surface area contributed by atoms with Gasteiger partial charge in [0.15, 0.2) is 17.3 Å². The van der Waals surface area contributed by atoms with E-state index >= 15 is 0 Å². The molecule has 1 amide bonds. The molecular weight excluding hydrogens is 382 g/mol. The summed E-state index contributed by atoms with van der Waals surface area (Å²) in [4.78, 5) is 35.2. The summed E-state index contributed by atoms with van der Waals surface area (Å²) in [6.45, 7) is 9.99. The lowest BCUT2D eigenvalue weighted by atomic mass is 10.2. The monoisotopic (exact) mass is 401 g/mol. The molecule has 3 N–H and O–H groups in total. The third-order valence-electron chi connectivity index (χ3n) is 4.19. The predicted octanol–water partition coefficient (Wildman–Crippen LogP) is 3.97. The Kier molecular flexibility index (Phi) is 6.03. The highest BCUT2D eigenvalue weighted by molar-refractivity contribution is 5.93. The molecule has 30 heavy (non-hydrogen) atoms. The Labute approximate surface area is 173 Å². The second-order valence-corrected chi connectivity index (χ2v) is 6.52. The molecule has 1 aromatic heterocycles. The lowest BCUT2D eigenvalue weighted by Crippen LogP contribution is -2.32. The molecule has 0 aliphatic carbocycles. The Balaban J connectivity index is 1.85. The fourth-order valence-electron chi connectivity index (χ4n) is 2.52. The molecule has 1 atom stereocenters. The largest absolute Gasteiger partial charge is 0.457 e. The Morgan fingerprint density at radius 1 is 1.07 bits per heavy atom. The number of amides is 1. The molecule has 0 saturated carbocycles. The number of hydrogen-bond acceptors (Lipinski definition) is 6. The van der Waals surface area contributed by atoms with Gasteiger partial charge >= 0.3 is 0 Å². The minimum atomic E-state index is -0.655. The number of rotatable bonds is 7. The number of primary amides is 1. The molecule has 0 radical (unpaired) electrons. The molecule has 0 saturated heterocycles. The number of carbonyl (C=O) groups is 2. The SMILES string of the molecule is [C-]#[N+]c1ccc(Oc2ccc(-c3nc(N[C@@H](C)C(N)=O)cc(C(C)=O)n3)cc2)cc1. The van der Waals surface area contributed by atoms with Crippen molar-refractivity contribution in [2.75, 3.05) is 5.32 Å². The Hall–Kier alpha value is -4.25. The van der Waals surface area contributed by atoms with Gasteiger partial charge in [0.2, 0.25) is 5.91 Å². The summed E-state index contributed by atoms with van der Waals surface area (Å²) in [7, 11) is 0. The first-order valence-corrected chi connectivity index (χ1v) is 9.07. The predicted molar refractivity (Wildman–Crippen MR) is 113 cm³/mol. The molecule has 0 bridgehead atoms. The van der Waals surface area contributed by atoms with Gasteiger partial charge in [-0.1, -0.05) is 12.1 Å². The second-order valence-electron chi connectivity index (χ2n) is 6.52.